The van der Waals surface area contributed by atoms with E-state index in [-0.39, 0.29) is 5.95 Å². The van der Waals surface area contributed by atoms with Gasteiger partial charge < -0.3 is 16.5 Å². The quantitative estimate of drug-likeness (QED) is 0.430. The zero-order valence-electron chi connectivity index (χ0n) is 11.0. The first-order chi connectivity index (χ1) is 10.2. The Labute approximate surface area is 129 Å². The van der Waals surface area contributed by atoms with Crippen LogP contribution >= 0.6 is 15.9 Å². The highest BCUT2D eigenvalue weighted by molar-refractivity contribution is 9.10. The lowest BCUT2D eigenvalue weighted by molar-refractivity contribution is 1.15. The van der Waals surface area contributed by atoms with Crippen LogP contribution in [0.2, 0.25) is 0 Å². The molecule has 0 aliphatic rings. The molecule has 0 saturated heterocycles. The van der Waals surface area contributed by atoms with Gasteiger partial charge in [-0.05, 0) is 17.5 Å². The normalized spacial score (nSPS) is 10.6. The highest BCUT2D eigenvalue weighted by Crippen LogP contribution is 2.31. The third kappa shape index (κ3) is 2.74. The number of anilines is 4. The van der Waals surface area contributed by atoms with Gasteiger partial charge in [-0.25, -0.2) is 5.84 Å². The summed E-state index contributed by atoms with van der Waals surface area (Å²) in [5.41, 5.74) is 9.05. The maximum absolute atomic E-state index is 5.66. The monoisotopic (exact) mass is 344 g/mol. The van der Waals surface area contributed by atoms with Gasteiger partial charge in [-0.15, -0.1) is 0 Å². The molecule has 3 rings (SSSR count). The van der Waals surface area contributed by atoms with E-state index in [1.54, 1.807) is 6.07 Å². The van der Waals surface area contributed by atoms with Crippen LogP contribution in [0.1, 0.15) is 0 Å². The summed E-state index contributed by atoms with van der Waals surface area (Å²) in [5, 5.41) is 5.43. The third-order valence-electron chi connectivity index (χ3n) is 3.02. The lowest BCUT2D eigenvalue weighted by atomic mass is 10.1. The van der Waals surface area contributed by atoms with Crippen LogP contribution in [0.25, 0.3) is 10.8 Å². The highest BCUT2D eigenvalue weighted by Gasteiger charge is 2.06. The Morgan fingerprint density at radius 1 is 0.952 bits per heavy atom. The van der Waals surface area contributed by atoms with Crippen molar-refractivity contribution < 1.29 is 0 Å². The van der Waals surface area contributed by atoms with E-state index >= 15 is 0 Å². The number of rotatable bonds is 3. The van der Waals surface area contributed by atoms with Crippen LogP contribution in [-0.4, -0.2) is 9.97 Å². The summed E-state index contributed by atoms with van der Waals surface area (Å²) < 4.78 is 1.04. The summed E-state index contributed by atoms with van der Waals surface area (Å²) in [6.45, 7) is 0. The van der Waals surface area contributed by atoms with Crippen LogP contribution in [0.3, 0.4) is 0 Å². The molecule has 6 nitrogen and oxygen atoms in total. The lowest BCUT2D eigenvalue weighted by Crippen LogP contribution is -2.11. The van der Waals surface area contributed by atoms with E-state index in [9.17, 15) is 0 Å². The number of hydrazine groups is 1. The summed E-state index contributed by atoms with van der Waals surface area (Å²) in [4.78, 5) is 8.11. The fourth-order valence-electron chi connectivity index (χ4n) is 2.11. The van der Waals surface area contributed by atoms with Crippen molar-refractivity contribution >= 4 is 50.0 Å². The Balaban J connectivity index is 2.06. The van der Waals surface area contributed by atoms with Crippen LogP contribution in [0.15, 0.2) is 46.9 Å². The number of nitrogen functional groups attached to an aromatic ring is 2. The molecule has 1 aromatic heterocycles. The number of hydrogen-bond acceptors (Lipinski definition) is 6. The summed E-state index contributed by atoms with van der Waals surface area (Å²) in [6, 6.07) is 13.7. The Morgan fingerprint density at radius 2 is 1.67 bits per heavy atom. The molecule has 2 aromatic carbocycles. The van der Waals surface area contributed by atoms with E-state index in [2.05, 4.69) is 36.6 Å². The van der Waals surface area contributed by atoms with Gasteiger partial charge in [0.15, 0.2) is 0 Å². The topological polar surface area (TPSA) is 102 Å². The second-order valence-corrected chi connectivity index (χ2v) is 5.26. The summed E-state index contributed by atoms with van der Waals surface area (Å²) in [5.74, 6) is 6.53. The van der Waals surface area contributed by atoms with Gasteiger partial charge in [0, 0.05) is 21.6 Å². The summed E-state index contributed by atoms with van der Waals surface area (Å²) in [7, 11) is 0. The van der Waals surface area contributed by atoms with Gasteiger partial charge in [-0.3, -0.25) is 0 Å². The molecule has 0 bridgehead atoms. The molecular formula is C14H13BrN6. The van der Waals surface area contributed by atoms with Gasteiger partial charge in [-0.1, -0.05) is 40.2 Å². The second-order valence-electron chi connectivity index (χ2n) is 4.41. The lowest BCUT2D eigenvalue weighted by Gasteiger charge is -2.11. The van der Waals surface area contributed by atoms with Gasteiger partial charge in [0.2, 0.25) is 5.95 Å². The summed E-state index contributed by atoms with van der Waals surface area (Å²) >= 11 is 3.55. The average Bonchev–Trinajstić information content (AvgIpc) is 2.50. The van der Waals surface area contributed by atoms with Crippen molar-refractivity contribution in [1.29, 1.82) is 0 Å². The number of nitrogens with two attached hydrogens (primary N) is 2. The number of fused-ring (bicyclic) bond motifs is 1. The largest absolute Gasteiger partial charge is 0.368 e. The fourth-order valence-corrected chi connectivity index (χ4v) is 2.59. The Hall–Kier alpha value is -2.38. The molecule has 0 amide bonds. The van der Waals surface area contributed by atoms with Crippen molar-refractivity contribution in [2.24, 2.45) is 5.84 Å². The first-order valence-corrected chi connectivity index (χ1v) is 7.02. The second kappa shape index (κ2) is 5.55. The van der Waals surface area contributed by atoms with Crippen LogP contribution in [0, 0.1) is 0 Å². The highest BCUT2D eigenvalue weighted by atomic mass is 79.9. The minimum Gasteiger partial charge on any atom is -0.368 e. The molecule has 0 atom stereocenters. The van der Waals surface area contributed by atoms with Crippen molar-refractivity contribution in [1.82, 2.24) is 9.97 Å². The molecule has 0 radical (unpaired) electrons. The first kappa shape index (κ1) is 13.6. The van der Waals surface area contributed by atoms with Crippen molar-refractivity contribution in [3.05, 3.63) is 46.9 Å². The van der Waals surface area contributed by atoms with E-state index in [1.165, 1.54) is 0 Å². The maximum Gasteiger partial charge on any atom is 0.223 e. The predicted molar refractivity (Wildman–Crippen MR) is 89.2 cm³/mol. The van der Waals surface area contributed by atoms with Crippen LogP contribution in [-0.2, 0) is 0 Å². The summed E-state index contributed by atoms with van der Waals surface area (Å²) in [6.07, 6.45) is 0. The van der Waals surface area contributed by atoms with Gasteiger partial charge in [0.05, 0.1) is 0 Å². The number of nitrogens with zero attached hydrogens (tertiary/aromatic N) is 2. The van der Waals surface area contributed by atoms with Crippen molar-refractivity contribution in [2.75, 3.05) is 16.5 Å². The number of benzene rings is 2. The zero-order chi connectivity index (χ0) is 14.8. The molecule has 1 heterocycles. The van der Waals surface area contributed by atoms with Gasteiger partial charge >= 0.3 is 0 Å². The molecule has 0 saturated carbocycles. The maximum atomic E-state index is 5.66. The number of aromatic nitrogens is 2. The smallest absolute Gasteiger partial charge is 0.223 e. The molecule has 21 heavy (non-hydrogen) atoms. The van der Waals surface area contributed by atoms with E-state index in [4.69, 9.17) is 11.6 Å². The van der Waals surface area contributed by atoms with Crippen molar-refractivity contribution in [3.8, 4) is 0 Å². The van der Waals surface area contributed by atoms with Gasteiger partial charge in [-0.2, -0.15) is 9.97 Å². The van der Waals surface area contributed by atoms with E-state index in [1.807, 2.05) is 36.4 Å². The van der Waals surface area contributed by atoms with E-state index in [0.717, 1.165) is 20.9 Å². The zero-order valence-corrected chi connectivity index (χ0v) is 12.6. The van der Waals surface area contributed by atoms with Crippen LogP contribution < -0.4 is 22.3 Å². The van der Waals surface area contributed by atoms with Crippen LogP contribution in [0.4, 0.5) is 23.3 Å². The van der Waals surface area contributed by atoms with Gasteiger partial charge in [0.25, 0.3) is 0 Å². The third-order valence-corrected chi connectivity index (χ3v) is 3.72. The minimum absolute atomic E-state index is 0.148. The molecule has 0 spiro atoms. The Bertz CT molecular complexity index is 805. The molecule has 0 aliphatic carbocycles. The average molecular weight is 345 g/mol. The van der Waals surface area contributed by atoms with Gasteiger partial charge in [0.1, 0.15) is 11.6 Å². The molecular weight excluding hydrogens is 332 g/mol. The van der Waals surface area contributed by atoms with Crippen molar-refractivity contribution in [2.45, 2.75) is 0 Å². The number of halogens is 1. The number of nitrogens with one attached hydrogen (secondary N) is 2. The molecule has 106 valence electrons. The first-order valence-electron chi connectivity index (χ1n) is 6.23. The van der Waals surface area contributed by atoms with Crippen LogP contribution in [0.5, 0.6) is 0 Å². The Morgan fingerprint density at radius 3 is 2.43 bits per heavy atom. The molecule has 0 fully saturated rings. The molecule has 6 N–H and O–H groups in total. The van der Waals surface area contributed by atoms with Crippen molar-refractivity contribution in [3.63, 3.8) is 0 Å². The Kier molecular flexibility index (Phi) is 3.59. The number of hydrogen-bond donors (Lipinski definition) is 4. The minimum atomic E-state index is 0.148. The standard InChI is InChI=1S/C14H13BrN6/c15-10-5-6-11(9-4-2-1-3-8(9)10)18-12-7-13(21-17)20-14(16)19-12/h1-7H,17H2,(H4,16,18,19,20,21). The van der Waals surface area contributed by atoms with E-state index in [0.29, 0.717) is 11.6 Å². The molecule has 7 heteroatoms. The SMILES string of the molecule is NNc1cc(Nc2ccc(Br)c3ccccc23)nc(N)n1. The fraction of sp³-hybridized carbons (Fsp3) is 0. The predicted octanol–water partition coefficient (Wildman–Crippen LogP) is 3.00. The van der Waals surface area contributed by atoms with E-state index < -0.39 is 0 Å². The molecule has 0 unspecified atom stereocenters. The molecule has 3 aromatic rings. The molecule has 0 aliphatic heterocycles.